The van der Waals surface area contributed by atoms with Crippen LogP contribution in [0.15, 0.2) is 30.3 Å². The highest BCUT2D eigenvalue weighted by Crippen LogP contribution is 2.11. The number of rotatable bonds is 8. The van der Waals surface area contributed by atoms with Crippen LogP contribution < -0.4 is 10.1 Å². The first-order chi connectivity index (χ1) is 12.1. The monoisotopic (exact) mass is 348 g/mol. The topological polar surface area (TPSA) is 67.9 Å². The van der Waals surface area contributed by atoms with Crippen molar-refractivity contribution in [3.63, 3.8) is 0 Å². The van der Waals surface area contributed by atoms with Gasteiger partial charge in [-0.3, -0.25) is 9.59 Å². The molecular weight excluding hydrogens is 320 g/mol. The van der Waals surface area contributed by atoms with Crippen molar-refractivity contribution in [2.75, 3.05) is 32.9 Å². The average Bonchev–Trinajstić information content (AvgIpc) is 2.62. The van der Waals surface area contributed by atoms with Crippen molar-refractivity contribution < 1.29 is 19.1 Å². The van der Waals surface area contributed by atoms with Crippen LogP contribution in [0.2, 0.25) is 0 Å². The van der Waals surface area contributed by atoms with E-state index >= 15 is 0 Å². The number of hydrogen-bond acceptors (Lipinski definition) is 4. The lowest BCUT2D eigenvalue weighted by Gasteiger charge is -2.31. The van der Waals surface area contributed by atoms with Gasteiger partial charge in [0.15, 0.2) is 0 Å². The van der Waals surface area contributed by atoms with Gasteiger partial charge in [-0.1, -0.05) is 32.0 Å². The lowest BCUT2D eigenvalue weighted by molar-refractivity contribution is -0.140. The van der Waals surface area contributed by atoms with E-state index < -0.39 is 6.04 Å². The van der Waals surface area contributed by atoms with Gasteiger partial charge < -0.3 is 19.7 Å². The van der Waals surface area contributed by atoms with Gasteiger partial charge >= 0.3 is 0 Å². The number of ether oxygens (including phenoxy) is 2. The molecule has 25 heavy (non-hydrogen) atoms. The maximum absolute atomic E-state index is 12.7. The van der Waals surface area contributed by atoms with Gasteiger partial charge in [-0.25, -0.2) is 0 Å². The third kappa shape index (κ3) is 6.74. The van der Waals surface area contributed by atoms with E-state index in [1.54, 1.807) is 4.90 Å². The Kier molecular flexibility index (Phi) is 7.73. The molecule has 138 valence electrons. The lowest BCUT2D eigenvalue weighted by Crippen LogP contribution is -2.52. The van der Waals surface area contributed by atoms with Crippen LogP contribution in [-0.4, -0.2) is 55.7 Å². The third-order valence-electron chi connectivity index (χ3n) is 4.00. The second kappa shape index (κ2) is 10.0. The second-order valence-corrected chi connectivity index (χ2v) is 6.60. The molecule has 1 aromatic carbocycles. The van der Waals surface area contributed by atoms with Crippen molar-refractivity contribution in [1.82, 2.24) is 10.2 Å². The zero-order valence-electron chi connectivity index (χ0n) is 15.1. The van der Waals surface area contributed by atoms with E-state index in [1.807, 2.05) is 44.2 Å². The van der Waals surface area contributed by atoms with Crippen LogP contribution >= 0.6 is 0 Å². The Morgan fingerprint density at radius 3 is 2.52 bits per heavy atom. The molecule has 0 saturated carbocycles. The maximum atomic E-state index is 12.7. The van der Waals surface area contributed by atoms with E-state index in [4.69, 9.17) is 9.47 Å². The highest BCUT2D eigenvalue weighted by atomic mass is 16.5. The molecule has 2 rings (SSSR count). The Bertz CT molecular complexity index is 542. The fourth-order valence-electron chi connectivity index (χ4n) is 2.74. The predicted molar refractivity (Wildman–Crippen MR) is 95.3 cm³/mol. The lowest BCUT2D eigenvalue weighted by atomic mass is 10.0. The molecule has 0 aliphatic carbocycles. The van der Waals surface area contributed by atoms with Gasteiger partial charge in [0.2, 0.25) is 11.8 Å². The summed E-state index contributed by atoms with van der Waals surface area (Å²) in [5.74, 6) is 0.867. The molecule has 1 N–H and O–H groups in total. The molecule has 0 bridgehead atoms. The highest BCUT2D eigenvalue weighted by Gasteiger charge is 2.27. The van der Waals surface area contributed by atoms with Gasteiger partial charge in [0, 0.05) is 13.1 Å². The van der Waals surface area contributed by atoms with Crippen molar-refractivity contribution >= 4 is 11.8 Å². The molecule has 1 aliphatic rings. The first kappa shape index (κ1) is 19.2. The molecule has 0 spiro atoms. The maximum Gasteiger partial charge on any atom is 0.245 e. The minimum atomic E-state index is -0.484. The number of nitrogens with one attached hydrogen (secondary N) is 1. The fourth-order valence-corrected chi connectivity index (χ4v) is 2.74. The van der Waals surface area contributed by atoms with Crippen molar-refractivity contribution in [1.29, 1.82) is 0 Å². The van der Waals surface area contributed by atoms with E-state index in [2.05, 4.69) is 5.32 Å². The molecule has 1 heterocycles. The van der Waals surface area contributed by atoms with Crippen molar-refractivity contribution in [3.05, 3.63) is 30.3 Å². The second-order valence-electron chi connectivity index (χ2n) is 6.60. The number of amides is 2. The van der Waals surface area contributed by atoms with E-state index in [0.29, 0.717) is 38.6 Å². The quantitative estimate of drug-likeness (QED) is 0.778. The number of carbonyl (C=O) groups excluding carboxylic acids is 2. The summed E-state index contributed by atoms with van der Waals surface area (Å²) in [6, 6.07) is 8.89. The standard InChI is InChI=1S/C19H28N2O4/c1-15(2)14-17(19(23)21-9-12-24-13-10-21)20-18(22)8-11-25-16-6-4-3-5-7-16/h3-7,15,17H,8-14H2,1-2H3,(H,20,22)/t17-/m1/s1. The number of carbonyl (C=O) groups is 2. The van der Waals surface area contributed by atoms with E-state index in [-0.39, 0.29) is 24.8 Å². The van der Waals surface area contributed by atoms with Crippen LogP contribution in [-0.2, 0) is 14.3 Å². The van der Waals surface area contributed by atoms with E-state index in [0.717, 1.165) is 5.75 Å². The Morgan fingerprint density at radius 2 is 1.88 bits per heavy atom. The predicted octanol–water partition coefficient (Wildman–Crippen LogP) is 1.85. The largest absolute Gasteiger partial charge is 0.493 e. The van der Waals surface area contributed by atoms with Gasteiger partial charge in [0.1, 0.15) is 11.8 Å². The highest BCUT2D eigenvalue weighted by molar-refractivity contribution is 5.87. The molecule has 1 atom stereocenters. The molecular formula is C19H28N2O4. The summed E-state index contributed by atoms with van der Waals surface area (Å²) < 4.78 is 10.8. The van der Waals surface area contributed by atoms with E-state index in [1.165, 1.54) is 0 Å². The van der Waals surface area contributed by atoms with Gasteiger partial charge in [-0.15, -0.1) is 0 Å². The Hall–Kier alpha value is -2.08. The molecule has 1 saturated heterocycles. The zero-order chi connectivity index (χ0) is 18.1. The summed E-state index contributed by atoms with van der Waals surface area (Å²) in [4.78, 5) is 26.7. The van der Waals surface area contributed by atoms with Crippen LogP contribution in [0.5, 0.6) is 5.75 Å². The van der Waals surface area contributed by atoms with Crippen LogP contribution in [0.3, 0.4) is 0 Å². The molecule has 2 amide bonds. The Labute approximate surface area is 149 Å². The summed E-state index contributed by atoms with van der Waals surface area (Å²) in [6.45, 7) is 6.66. The summed E-state index contributed by atoms with van der Waals surface area (Å²) in [5, 5.41) is 2.88. The molecule has 0 aromatic heterocycles. The molecule has 0 unspecified atom stereocenters. The molecule has 1 aliphatic heterocycles. The van der Waals surface area contributed by atoms with Crippen LogP contribution in [0.25, 0.3) is 0 Å². The van der Waals surface area contributed by atoms with Crippen molar-refractivity contribution in [2.45, 2.75) is 32.7 Å². The third-order valence-corrected chi connectivity index (χ3v) is 4.00. The summed E-state index contributed by atoms with van der Waals surface area (Å²) in [6.07, 6.45) is 0.849. The molecule has 6 heteroatoms. The van der Waals surface area contributed by atoms with Crippen molar-refractivity contribution in [3.8, 4) is 5.75 Å². The van der Waals surface area contributed by atoms with Gasteiger partial charge in [-0.2, -0.15) is 0 Å². The van der Waals surface area contributed by atoms with E-state index in [9.17, 15) is 9.59 Å². The zero-order valence-corrected chi connectivity index (χ0v) is 15.1. The minimum absolute atomic E-state index is 0.0191. The number of benzene rings is 1. The number of morpholine rings is 1. The van der Waals surface area contributed by atoms with Crippen LogP contribution in [0.4, 0.5) is 0 Å². The van der Waals surface area contributed by atoms with Gasteiger partial charge in [-0.05, 0) is 24.5 Å². The number of hydrogen-bond donors (Lipinski definition) is 1. The molecule has 1 fully saturated rings. The summed E-state index contributed by atoms with van der Waals surface area (Å²) in [7, 11) is 0. The summed E-state index contributed by atoms with van der Waals surface area (Å²) >= 11 is 0. The first-order valence-electron chi connectivity index (χ1n) is 8.90. The minimum Gasteiger partial charge on any atom is -0.493 e. The van der Waals surface area contributed by atoms with Crippen LogP contribution in [0.1, 0.15) is 26.7 Å². The van der Waals surface area contributed by atoms with Crippen LogP contribution in [0, 0.1) is 5.92 Å². The number of para-hydroxylation sites is 1. The fraction of sp³-hybridized carbons (Fsp3) is 0.579. The van der Waals surface area contributed by atoms with Gasteiger partial charge in [0.25, 0.3) is 0 Å². The molecule has 0 radical (unpaired) electrons. The SMILES string of the molecule is CC(C)C[C@@H](NC(=O)CCOc1ccccc1)C(=O)N1CCOCC1. The normalized spacial score (nSPS) is 15.7. The first-order valence-corrected chi connectivity index (χ1v) is 8.90. The smallest absolute Gasteiger partial charge is 0.245 e. The number of nitrogens with zero attached hydrogens (tertiary/aromatic N) is 1. The molecule has 6 nitrogen and oxygen atoms in total. The van der Waals surface area contributed by atoms with Gasteiger partial charge in [0.05, 0.1) is 26.2 Å². The summed E-state index contributed by atoms with van der Waals surface area (Å²) in [5.41, 5.74) is 0. The van der Waals surface area contributed by atoms with Crippen molar-refractivity contribution in [2.24, 2.45) is 5.92 Å². The average molecular weight is 348 g/mol. The Balaban J connectivity index is 1.82. The molecule has 1 aromatic rings. The Morgan fingerprint density at radius 1 is 1.20 bits per heavy atom.